The van der Waals surface area contributed by atoms with E-state index < -0.39 is 0 Å². The van der Waals surface area contributed by atoms with Gasteiger partial charge in [0.1, 0.15) is 5.65 Å². The number of imidazole rings is 1. The number of ether oxygens (including phenoxy) is 1. The molecule has 0 aliphatic heterocycles. The molecule has 4 heterocycles. The zero-order valence-corrected chi connectivity index (χ0v) is 28.9. The van der Waals surface area contributed by atoms with Gasteiger partial charge in [0.05, 0.1) is 16.9 Å². The summed E-state index contributed by atoms with van der Waals surface area (Å²) in [5.41, 5.74) is 8.05. The molecule has 234 valence electrons. The van der Waals surface area contributed by atoms with Crippen LogP contribution in [0.1, 0.15) is 26.3 Å². The average molecular weight is 802 g/mol. The molecule has 0 aliphatic carbocycles. The Labute approximate surface area is 292 Å². The predicted octanol–water partition coefficient (Wildman–Crippen LogP) is 10.5. The van der Waals surface area contributed by atoms with E-state index >= 15 is 0 Å². The zero-order valence-electron chi connectivity index (χ0n) is 26.6. The Hall–Kier alpha value is -5.25. The minimum atomic E-state index is 0. The largest absolute Gasteiger partial charge is 2.00 e. The third-order valence-electron chi connectivity index (χ3n) is 8.98. The molecule has 0 spiro atoms. The quantitative estimate of drug-likeness (QED) is 0.132. The van der Waals surface area contributed by atoms with Crippen molar-refractivity contribution in [2.24, 2.45) is 0 Å². The number of benzene rings is 5. The van der Waals surface area contributed by atoms with Gasteiger partial charge in [-0.25, -0.2) is 4.98 Å². The zero-order chi connectivity index (χ0) is 31.7. The summed E-state index contributed by atoms with van der Waals surface area (Å²) in [7, 11) is 0. The van der Waals surface area contributed by atoms with E-state index in [1.54, 1.807) is 0 Å². The topological polar surface area (TPSA) is 44.4 Å². The summed E-state index contributed by atoms with van der Waals surface area (Å²) in [6.07, 6.45) is 3.95. The van der Waals surface area contributed by atoms with Gasteiger partial charge >= 0.3 is 21.1 Å². The second-order valence-corrected chi connectivity index (χ2v) is 13.0. The van der Waals surface area contributed by atoms with E-state index in [0.29, 0.717) is 11.5 Å². The first-order valence-corrected chi connectivity index (χ1v) is 15.8. The molecule has 9 rings (SSSR count). The number of para-hydroxylation sites is 1. The maximum absolute atomic E-state index is 6.50. The number of aromatic nitrogens is 4. The molecule has 5 nitrogen and oxygen atoms in total. The summed E-state index contributed by atoms with van der Waals surface area (Å²) < 4.78 is 10.8. The van der Waals surface area contributed by atoms with E-state index in [-0.39, 0.29) is 26.5 Å². The van der Waals surface area contributed by atoms with Crippen molar-refractivity contribution in [1.82, 2.24) is 18.9 Å². The fourth-order valence-electron chi connectivity index (χ4n) is 6.63. The molecule has 4 aromatic heterocycles. The molecule has 0 saturated heterocycles. The van der Waals surface area contributed by atoms with Gasteiger partial charge in [-0.3, -0.25) is 4.98 Å². The van der Waals surface area contributed by atoms with Crippen molar-refractivity contribution >= 4 is 49.3 Å². The van der Waals surface area contributed by atoms with Gasteiger partial charge in [-0.2, -0.15) is 6.07 Å². The van der Waals surface area contributed by atoms with Crippen LogP contribution >= 0.6 is 0 Å². The average Bonchev–Trinajstić information content (AvgIpc) is 3.69. The van der Waals surface area contributed by atoms with Gasteiger partial charge < -0.3 is 13.7 Å². The third kappa shape index (κ3) is 4.89. The summed E-state index contributed by atoms with van der Waals surface area (Å²) in [5, 5.41) is 5.39. The molecule has 9 aromatic rings. The third-order valence-corrected chi connectivity index (χ3v) is 8.98. The standard InChI is InChI=1S/C42H30N4O.Pt/c1-42(2,3)28-18-20-34-35-16-10-22-43-40(35)46(39(34)23-28)29-13-9-14-30(24-29)47-31-19-21-32-33-15-7-8-17-38(33)45-26-37(27-11-5-4-6-12-27)44-41(45)36(32)25-31;/h4-23,26H,1-3H3;/q-2;+2. The number of nitrogens with zero attached hydrogens (tertiary/aromatic N) is 4. The number of rotatable bonds is 4. The fourth-order valence-corrected chi connectivity index (χ4v) is 6.63. The van der Waals surface area contributed by atoms with Crippen LogP contribution < -0.4 is 4.74 Å². The molecule has 0 radical (unpaired) electrons. The van der Waals surface area contributed by atoms with Crippen LogP contribution in [-0.2, 0) is 26.5 Å². The summed E-state index contributed by atoms with van der Waals surface area (Å²) in [4.78, 5) is 9.90. The maximum Gasteiger partial charge on any atom is 2.00 e. The van der Waals surface area contributed by atoms with Gasteiger partial charge in [-0.1, -0.05) is 104 Å². The second-order valence-electron chi connectivity index (χ2n) is 13.0. The Balaban J connectivity index is 0.00000336. The van der Waals surface area contributed by atoms with Gasteiger partial charge in [0.15, 0.2) is 0 Å². The molecule has 0 amide bonds. The van der Waals surface area contributed by atoms with Crippen LogP contribution in [-0.4, -0.2) is 18.9 Å². The Bertz CT molecular complexity index is 2650. The van der Waals surface area contributed by atoms with E-state index in [1.807, 2.05) is 48.7 Å². The molecule has 0 fully saturated rings. The predicted molar refractivity (Wildman–Crippen MR) is 191 cm³/mol. The van der Waals surface area contributed by atoms with Crippen molar-refractivity contribution in [2.75, 3.05) is 0 Å². The molecular weight excluding hydrogens is 772 g/mol. The van der Waals surface area contributed by atoms with E-state index in [9.17, 15) is 0 Å². The molecule has 0 N–H and O–H groups in total. The molecule has 0 bridgehead atoms. The van der Waals surface area contributed by atoms with Crippen molar-refractivity contribution in [2.45, 2.75) is 26.2 Å². The van der Waals surface area contributed by atoms with Crippen LogP contribution in [0.2, 0.25) is 0 Å². The summed E-state index contributed by atoms with van der Waals surface area (Å²) in [6.45, 7) is 6.72. The Morgan fingerprint density at radius 1 is 0.646 bits per heavy atom. The van der Waals surface area contributed by atoms with Gasteiger partial charge in [-0.15, -0.1) is 30.3 Å². The number of pyridine rings is 2. The summed E-state index contributed by atoms with van der Waals surface area (Å²) >= 11 is 0. The van der Waals surface area contributed by atoms with E-state index in [1.165, 1.54) is 5.56 Å². The molecular formula is C42H30N4OPt. The number of hydrogen-bond donors (Lipinski definition) is 0. The number of fused-ring (bicyclic) bond motifs is 9. The molecule has 48 heavy (non-hydrogen) atoms. The monoisotopic (exact) mass is 801 g/mol. The van der Waals surface area contributed by atoms with Crippen LogP contribution in [0.3, 0.4) is 0 Å². The molecule has 6 heteroatoms. The molecule has 5 aromatic carbocycles. The van der Waals surface area contributed by atoms with Gasteiger partial charge in [0.25, 0.3) is 0 Å². The van der Waals surface area contributed by atoms with E-state index in [2.05, 4.69) is 121 Å². The Morgan fingerprint density at radius 3 is 2.25 bits per heavy atom. The van der Waals surface area contributed by atoms with Crippen LogP contribution in [0.25, 0.3) is 66.2 Å². The summed E-state index contributed by atoms with van der Waals surface area (Å²) in [5.74, 6) is 1.20. The van der Waals surface area contributed by atoms with Gasteiger partial charge in [0.2, 0.25) is 0 Å². The van der Waals surface area contributed by atoms with Crippen LogP contribution in [0, 0.1) is 12.1 Å². The van der Waals surface area contributed by atoms with Crippen LogP contribution in [0.15, 0.2) is 128 Å². The molecule has 0 unspecified atom stereocenters. The normalized spacial score (nSPS) is 11.9. The van der Waals surface area contributed by atoms with Gasteiger partial charge in [-0.05, 0) is 40.6 Å². The first kappa shape index (κ1) is 30.1. The number of hydrogen-bond acceptors (Lipinski definition) is 3. The van der Waals surface area contributed by atoms with Crippen LogP contribution in [0.4, 0.5) is 0 Å². The molecule has 0 saturated carbocycles. The Morgan fingerprint density at radius 2 is 1.40 bits per heavy atom. The van der Waals surface area contributed by atoms with Crippen molar-refractivity contribution in [3.8, 4) is 28.4 Å². The van der Waals surface area contributed by atoms with Crippen molar-refractivity contribution in [3.05, 3.63) is 145 Å². The summed E-state index contributed by atoms with van der Waals surface area (Å²) in [6, 6.07) is 46.7. The van der Waals surface area contributed by atoms with Gasteiger partial charge in [0, 0.05) is 45.7 Å². The molecule has 0 aliphatic rings. The first-order chi connectivity index (χ1) is 22.9. The minimum Gasteiger partial charge on any atom is -0.503 e. The van der Waals surface area contributed by atoms with Crippen molar-refractivity contribution < 1.29 is 25.8 Å². The van der Waals surface area contributed by atoms with Crippen LogP contribution in [0.5, 0.6) is 11.5 Å². The maximum atomic E-state index is 6.50. The van der Waals surface area contributed by atoms with E-state index in [0.717, 1.165) is 66.2 Å². The second kappa shape index (κ2) is 11.5. The smallest absolute Gasteiger partial charge is 0.503 e. The van der Waals surface area contributed by atoms with Crippen molar-refractivity contribution in [3.63, 3.8) is 0 Å². The SMILES string of the molecule is CC(C)(C)c1ccc2c3cccnc3n(-c3[c-]c(Oc4[c-]c5c(cc4)c4ccccc4n4cc(-c6ccccc6)nc54)ccc3)c2c1.[Pt+2]. The minimum absolute atomic E-state index is 0. The Kier molecular flexibility index (Phi) is 7.19. The first-order valence-electron chi connectivity index (χ1n) is 15.8. The van der Waals surface area contributed by atoms with Crippen molar-refractivity contribution in [1.29, 1.82) is 0 Å². The molecule has 0 atom stereocenters. The fraction of sp³-hybridized carbons (Fsp3) is 0.0952. The van der Waals surface area contributed by atoms with E-state index in [4.69, 9.17) is 14.7 Å².